The minimum atomic E-state index is -0.616. The molecule has 2 aliphatic carbocycles. The third kappa shape index (κ3) is 6.88. The molecule has 3 heterocycles. The van der Waals surface area contributed by atoms with Crippen molar-refractivity contribution in [3.8, 4) is 44.5 Å². The zero-order valence-corrected chi connectivity index (χ0v) is 49.0. The van der Waals surface area contributed by atoms with Crippen LogP contribution < -0.4 is 20.6 Å². The zero-order chi connectivity index (χ0) is 55.7. The van der Waals surface area contributed by atoms with Gasteiger partial charge in [0.1, 0.15) is 0 Å². The Hall–Kier alpha value is -8.14. The van der Waals surface area contributed by atoms with Crippen LogP contribution in [0.3, 0.4) is 0 Å². The van der Waals surface area contributed by atoms with Crippen LogP contribution in [0.15, 0.2) is 206 Å². The Morgan fingerprint density at radius 1 is 0.407 bits per heavy atom. The largest absolute Gasteiger partial charge is 0.376 e. The van der Waals surface area contributed by atoms with Gasteiger partial charge in [-0.15, -0.1) is 0 Å². The molecule has 10 aromatic rings. The van der Waals surface area contributed by atoms with Gasteiger partial charge in [-0.1, -0.05) is 232 Å². The normalized spacial score (nSPS) is 16.8. The minimum Gasteiger partial charge on any atom is -0.376 e. The Morgan fingerprint density at radius 3 is 1.68 bits per heavy atom. The average molecular weight is 1050 g/mol. The lowest BCUT2D eigenvalue weighted by Crippen LogP contribution is -2.63. The molecule has 0 radical (unpaired) electrons. The van der Waals surface area contributed by atoms with Crippen molar-refractivity contribution in [2.45, 2.75) is 116 Å². The highest BCUT2D eigenvalue weighted by molar-refractivity contribution is 6.94. The van der Waals surface area contributed by atoms with E-state index >= 15 is 0 Å². The van der Waals surface area contributed by atoms with Gasteiger partial charge in [0.15, 0.2) is 0 Å². The predicted molar refractivity (Wildman–Crippen MR) is 344 cm³/mol. The summed E-state index contributed by atoms with van der Waals surface area (Å²) in [5, 5.41) is 0. The van der Waals surface area contributed by atoms with E-state index in [0.717, 1.165) is 6.42 Å². The fourth-order valence-electron chi connectivity index (χ4n) is 16.0. The molecule has 396 valence electrons. The summed E-state index contributed by atoms with van der Waals surface area (Å²) in [6, 6.07) is 80.4. The van der Waals surface area contributed by atoms with Gasteiger partial charge >= 0.3 is 6.85 Å². The van der Waals surface area contributed by atoms with Gasteiger partial charge in [0.05, 0.1) is 16.8 Å². The number of rotatable bonds is 5. The molecule has 3 heteroatoms. The maximum atomic E-state index is 2.80. The summed E-state index contributed by atoms with van der Waals surface area (Å²) in [6.07, 6.45) is 2.33. The van der Waals surface area contributed by atoms with Gasteiger partial charge in [-0.3, -0.25) is 0 Å². The molecule has 0 N–H and O–H groups in total. The molecule has 0 amide bonds. The van der Waals surface area contributed by atoms with E-state index in [0.29, 0.717) is 0 Å². The molecule has 0 spiro atoms. The first-order valence-corrected chi connectivity index (χ1v) is 29.7. The minimum absolute atomic E-state index is 0.0252. The van der Waals surface area contributed by atoms with E-state index in [-0.39, 0.29) is 28.5 Å². The van der Waals surface area contributed by atoms with Crippen LogP contribution >= 0.6 is 0 Å². The molecule has 0 atom stereocenters. The lowest BCUT2D eigenvalue weighted by Gasteiger charge is -2.53. The second-order valence-corrected chi connectivity index (χ2v) is 27.1. The van der Waals surface area contributed by atoms with Gasteiger partial charge < -0.3 is 9.71 Å². The van der Waals surface area contributed by atoms with Crippen LogP contribution in [-0.4, -0.2) is 6.85 Å². The van der Waals surface area contributed by atoms with Gasteiger partial charge in [0.2, 0.25) is 0 Å². The van der Waals surface area contributed by atoms with Crippen LogP contribution in [0.1, 0.15) is 136 Å². The molecule has 0 aromatic heterocycles. The van der Waals surface area contributed by atoms with E-state index < -0.39 is 5.41 Å². The number of aryl methyl sites for hydroxylation is 2. The highest BCUT2D eigenvalue weighted by atomic mass is 15.2. The van der Waals surface area contributed by atoms with E-state index in [1.54, 1.807) is 0 Å². The summed E-state index contributed by atoms with van der Waals surface area (Å²) in [5.74, 6) is 0. The van der Waals surface area contributed by atoms with Gasteiger partial charge in [0.25, 0.3) is 0 Å². The zero-order valence-electron chi connectivity index (χ0n) is 49.0. The maximum Gasteiger partial charge on any atom is 0.333 e. The monoisotopic (exact) mass is 1050 g/mol. The van der Waals surface area contributed by atoms with Gasteiger partial charge in [-0.05, 0) is 179 Å². The molecule has 2 nitrogen and oxygen atoms in total. The number of fused-ring (bicyclic) bond motifs is 11. The molecule has 3 aliphatic heterocycles. The molecule has 0 saturated heterocycles. The Morgan fingerprint density at radius 2 is 1.01 bits per heavy atom. The lowest BCUT2D eigenvalue weighted by molar-refractivity contribution is 0.331. The van der Waals surface area contributed by atoms with E-state index in [2.05, 4.69) is 292 Å². The van der Waals surface area contributed by atoms with E-state index in [4.69, 9.17) is 0 Å². The molecule has 0 bridgehead atoms. The number of hydrogen-bond acceptors (Lipinski definition) is 2. The molecule has 0 saturated carbocycles. The molecule has 0 fully saturated rings. The fraction of sp³-hybridized carbons (Fsp3) is 0.231. The number of anilines is 5. The van der Waals surface area contributed by atoms with Crippen molar-refractivity contribution in [2.24, 2.45) is 0 Å². The summed E-state index contributed by atoms with van der Waals surface area (Å²) in [4.78, 5) is 5.58. The van der Waals surface area contributed by atoms with Gasteiger partial charge in [-0.25, -0.2) is 0 Å². The Bertz CT molecular complexity index is 4210. The Balaban J connectivity index is 1.15. The second kappa shape index (κ2) is 17.2. The smallest absolute Gasteiger partial charge is 0.333 e. The molecule has 10 aromatic carbocycles. The summed E-state index contributed by atoms with van der Waals surface area (Å²) < 4.78 is 0. The predicted octanol–water partition coefficient (Wildman–Crippen LogP) is 19.0. The number of hydrogen-bond donors (Lipinski definition) is 0. The molecule has 81 heavy (non-hydrogen) atoms. The molecule has 5 aliphatic rings. The van der Waals surface area contributed by atoms with Crippen molar-refractivity contribution in [2.75, 3.05) is 9.71 Å². The van der Waals surface area contributed by atoms with Crippen LogP contribution in [-0.2, 0) is 27.1 Å². The van der Waals surface area contributed by atoms with Crippen molar-refractivity contribution in [3.63, 3.8) is 0 Å². The Kier molecular flexibility index (Phi) is 10.6. The van der Waals surface area contributed by atoms with Crippen molar-refractivity contribution in [1.82, 2.24) is 0 Å². The first-order chi connectivity index (χ1) is 38.9. The van der Waals surface area contributed by atoms with Crippen LogP contribution in [0.2, 0.25) is 0 Å². The fourth-order valence-corrected chi connectivity index (χ4v) is 16.0. The van der Waals surface area contributed by atoms with E-state index in [9.17, 15) is 0 Å². The van der Waals surface area contributed by atoms with Crippen LogP contribution in [0, 0.1) is 13.8 Å². The number of para-hydroxylation sites is 2. The quantitative estimate of drug-likeness (QED) is 0.159. The van der Waals surface area contributed by atoms with E-state index in [1.807, 2.05) is 0 Å². The van der Waals surface area contributed by atoms with Gasteiger partial charge in [0, 0.05) is 39.2 Å². The first kappa shape index (κ1) is 49.9. The Labute approximate surface area is 481 Å². The molecular weight excluding hydrogens is 976 g/mol. The SMILES string of the molecule is Cc1cccc(C)c1-c1cc2c3c(c1)N(c1ccc(C(C)(C)C)cc1-c1ccccc1)c1c(ccc4c1-c1cc5c(cc1C4(C)C)C(C)(C)CCC5(C)C)B3N1c3ccccc3C(c3ccccc3)(c3ccccc3)c3cccc-2c31. The summed E-state index contributed by atoms with van der Waals surface area (Å²) >= 11 is 0. The van der Waals surface area contributed by atoms with Crippen molar-refractivity contribution in [3.05, 3.63) is 267 Å². The van der Waals surface area contributed by atoms with Crippen molar-refractivity contribution < 1.29 is 0 Å². The van der Waals surface area contributed by atoms with Gasteiger partial charge in [-0.2, -0.15) is 0 Å². The third-order valence-corrected chi connectivity index (χ3v) is 20.2. The average Bonchev–Trinajstić information content (AvgIpc) is 3.92. The topological polar surface area (TPSA) is 6.48 Å². The number of benzene rings is 10. The van der Waals surface area contributed by atoms with E-state index in [1.165, 1.54) is 151 Å². The summed E-state index contributed by atoms with van der Waals surface area (Å²) in [7, 11) is 0. The lowest BCUT2D eigenvalue weighted by atomic mass is 9.41. The van der Waals surface area contributed by atoms with Crippen LogP contribution in [0.5, 0.6) is 0 Å². The first-order valence-electron chi connectivity index (χ1n) is 29.7. The third-order valence-electron chi connectivity index (χ3n) is 20.2. The number of nitrogens with zero attached hydrogens (tertiary/aromatic N) is 2. The second-order valence-electron chi connectivity index (χ2n) is 27.1. The van der Waals surface area contributed by atoms with Crippen LogP contribution in [0.4, 0.5) is 28.4 Å². The summed E-state index contributed by atoms with van der Waals surface area (Å²) in [5.41, 5.74) is 33.2. The van der Waals surface area contributed by atoms with Crippen LogP contribution in [0.25, 0.3) is 44.5 Å². The van der Waals surface area contributed by atoms with Crippen molar-refractivity contribution >= 4 is 46.2 Å². The maximum absolute atomic E-state index is 2.80. The highest BCUT2D eigenvalue weighted by Crippen LogP contribution is 2.63. The summed E-state index contributed by atoms with van der Waals surface area (Å²) in [6.45, 7) is 26.4. The molecule has 0 unspecified atom stereocenters. The standard InChI is InChI=1S/C78H71BN2/c1-48-25-23-26-49(2)69(48)51-43-57-55-33-24-35-61-72(55)81(67-36-22-21-34-59(67)78(61,52-29-17-13-18-30-52)53-31-19-14-20-32-53)79-65-39-38-60-70(58-46-63-64(47-62(58)77(60,10)11)76(8,9)42-41-75(63,6)7)73(65)80(68(44-51)71(57)79)66-40-37-54(74(3,4)5)45-56(66)50-27-15-12-16-28-50/h12-40,43-47H,41-42H2,1-11H3. The molecular formula is C78H71BN2. The molecule has 15 rings (SSSR count). The highest BCUT2D eigenvalue weighted by Gasteiger charge is 2.55. The van der Waals surface area contributed by atoms with Crippen molar-refractivity contribution in [1.29, 1.82) is 0 Å².